The predicted octanol–water partition coefficient (Wildman–Crippen LogP) is 3.58. The van der Waals surface area contributed by atoms with Gasteiger partial charge in [-0.3, -0.25) is 4.79 Å². The minimum Gasteiger partial charge on any atom is -0.392 e. The highest BCUT2D eigenvalue weighted by Gasteiger charge is 2.41. The van der Waals surface area contributed by atoms with Crippen LogP contribution in [0.5, 0.6) is 0 Å². The van der Waals surface area contributed by atoms with Crippen molar-refractivity contribution in [2.75, 3.05) is 7.05 Å². The van der Waals surface area contributed by atoms with Crippen LogP contribution in [-0.2, 0) is 11.3 Å². The molecule has 1 aromatic heterocycles. The molecule has 0 unspecified atom stereocenters. The molecule has 1 rings (SSSR count). The molecule has 0 aromatic carbocycles. The summed E-state index contributed by atoms with van der Waals surface area (Å²) in [6, 6.07) is 4.04. The lowest BCUT2D eigenvalue weighted by molar-refractivity contribution is -0.138. The standard InChI is InChI=1S/C15H24N2OS2/c1-4-8-15(9-5-2,13(16)19)14(18)17(3)11-12-7-6-10-20-12/h6-7,10H,4-5,8-9,11H2,1-3H3,(H2,16,19). The fourth-order valence-electron chi connectivity index (χ4n) is 2.62. The van der Waals surface area contributed by atoms with Crippen molar-refractivity contribution in [2.24, 2.45) is 11.1 Å². The maximum Gasteiger partial charge on any atom is 0.235 e. The molecular weight excluding hydrogens is 288 g/mol. The van der Waals surface area contributed by atoms with Gasteiger partial charge in [-0.1, -0.05) is 45.0 Å². The van der Waals surface area contributed by atoms with Crippen LogP contribution in [0.1, 0.15) is 44.4 Å². The molecule has 0 atom stereocenters. The lowest BCUT2D eigenvalue weighted by Crippen LogP contribution is -2.49. The van der Waals surface area contributed by atoms with E-state index in [0.717, 1.165) is 25.7 Å². The lowest BCUT2D eigenvalue weighted by Gasteiger charge is -2.34. The van der Waals surface area contributed by atoms with Crippen LogP contribution >= 0.6 is 23.6 Å². The van der Waals surface area contributed by atoms with E-state index in [2.05, 4.69) is 13.8 Å². The molecule has 0 spiro atoms. The van der Waals surface area contributed by atoms with Gasteiger partial charge >= 0.3 is 0 Å². The second kappa shape index (κ2) is 7.74. The van der Waals surface area contributed by atoms with Gasteiger partial charge in [0.25, 0.3) is 0 Å². The summed E-state index contributed by atoms with van der Waals surface area (Å²) in [5.74, 6) is 0.0575. The van der Waals surface area contributed by atoms with Crippen molar-refractivity contribution >= 4 is 34.5 Å². The van der Waals surface area contributed by atoms with Crippen molar-refractivity contribution in [2.45, 2.75) is 46.1 Å². The van der Waals surface area contributed by atoms with Gasteiger partial charge in [0.2, 0.25) is 5.91 Å². The summed E-state index contributed by atoms with van der Waals surface area (Å²) in [6.45, 7) is 4.75. The second-order valence-electron chi connectivity index (χ2n) is 5.19. The maximum atomic E-state index is 12.9. The Balaban J connectivity index is 2.93. The molecule has 5 heteroatoms. The van der Waals surface area contributed by atoms with Crippen molar-refractivity contribution in [1.29, 1.82) is 0 Å². The molecule has 0 bridgehead atoms. The lowest BCUT2D eigenvalue weighted by atomic mass is 9.77. The summed E-state index contributed by atoms with van der Waals surface area (Å²) in [4.78, 5) is 16.1. The van der Waals surface area contributed by atoms with Gasteiger partial charge in [-0.2, -0.15) is 0 Å². The normalized spacial score (nSPS) is 11.3. The Morgan fingerprint density at radius 2 is 2.00 bits per heavy atom. The van der Waals surface area contributed by atoms with Crippen molar-refractivity contribution in [3.8, 4) is 0 Å². The van der Waals surface area contributed by atoms with E-state index in [9.17, 15) is 4.79 Å². The zero-order valence-electron chi connectivity index (χ0n) is 12.5. The fraction of sp³-hybridized carbons (Fsp3) is 0.600. The molecule has 20 heavy (non-hydrogen) atoms. The van der Waals surface area contributed by atoms with E-state index in [4.69, 9.17) is 18.0 Å². The van der Waals surface area contributed by atoms with E-state index in [-0.39, 0.29) is 5.91 Å². The van der Waals surface area contributed by atoms with Crippen molar-refractivity contribution in [1.82, 2.24) is 4.90 Å². The smallest absolute Gasteiger partial charge is 0.235 e. The van der Waals surface area contributed by atoms with Gasteiger partial charge in [0.1, 0.15) is 0 Å². The molecule has 1 heterocycles. The van der Waals surface area contributed by atoms with Gasteiger partial charge in [0.15, 0.2) is 0 Å². The Bertz CT molecular complexity index is 437. The Labute approximate surface area is 131 Å². The summed E-state index contributed by atoms with van der Waals surface area (Å²) in [5.41, 5.74) is 5.27. The number of rotatable bonds is 8. The van der Waals surface area contributed by atoms with Gasteiger partial charge in [0, 0.05) is 11.9 Å². The Morgan fingerprint density at radius 1 is 1.40 bits per heavy atom. The first-order valence-electron chi connectivity index (χ1n) is 7.05. The maximum absolute atomic E-state index is 12.9. The molecule has 3 nitrogen and oxygen atoms in total. The average Bonchev–Trinajstić information content (AvgIpc) is 2.90. The Hall–Kier alpha value is -0.940. The first-order chi connectivity index (χ1) is 9.47. The van der Waals surface area contributed by atoms with Crippen LogP contribution < -0.4 is 5.73 Å². The average molecular weight is 313 g/mol. The van der Waals surface area contributed by atoms with Crippen LogP contribution in [0.2, 0.25) is 0 Å². The molecule has 0 fully saturated rings. The summed E-state index contributed by atoms with van der Waals surface area (Å²) >= 11 is 6.89. The molecule has 0 aliphatic heterocycles. The molecule has 112 valence electrons. The first kappa shape index (κ1) is 17.1. The number of amides is 1. The third-order valence-corrected chi connectivity index (χ3v) is 4.81. The largest absolute Gasteiger partial charge is 0.392 e. The minimum atomic E-state index is -0.676. The van der Waals surface area contributed by atoms with Crippen LogP contribution in [0.3, 0.4) is 0 Å². The monoisotopic (exact) mass is 312 g/mol. The molecule has 0 aliphatic carbocycles. The van der Waals surface area contributed by atoms with Gasteiger partial charge in [-0.15, -0.1) is 11.3 Å². The molecular formula is C15H24N2OS2. The SMILES string of the molecule is CCCC(CCC)(C(=O)N(C)Cc1cccs1)C(N)=S. The van der Waals surface area contributed by atoms with Gasteiger partial charge in [0.05, 0.1) is 16.9 Å². The van der Waals surface area contributed by atoms with Crippen molar-refractivity contribution < 1.29 is 4.79 Å². The molecule has 1 aromatic rings. The summed E-state index contributed by atoms with van der Waals surface area (Å²) in [5, 5.41) is 2.02. The second-order valence-corrected chi connectivity index (χ2v) is 6.66. The van der Waals surface area contributed by atoms with Crippen LogP contribution in [0.15, 0.2) is 17.5 Å². The van der Waals surface area contributed by atoms with E-state index >= 15 is 0 Å². The number of thiocarbonyl (C=S) groups is 1. The van der Waals surface area contributed by atoms with Crippen molar-refractivity contribution in [3.05, 3.63) is 22.4 Å². The number of nitrogens with zero attached hydrogens (tertiary/aromatic N) is 1. The van der Waals surface area contributed by atoms with E-state index < -0.39 is 5.41 Å². The number of hydrogen-bond donors (Lipinski definition) is 1. The highest BCUT2D eigenvalue weighted by Crippen LogP contribution is 2.33. The van der Waals surface area contributed by atoms with Crippen molar-refractivity contribution in [3.63, 3.8) is 0 Å². The van der Waals surface area contributed by atoms with Gasteiger partial charge in [-0.05, 0) is 24.3 Å². The zero-order valence-corrected chi connectivity index (χ0v) is 14.1. The summed E-state index contributed by atoms with van der Waals surface area (Å²) < 4.78 is 0. The van der Waals surface area contributed by atoms with Crippen LogP contribution in [-0.4, -0.2) is 22.8 Å². The number of hydrogen-bond acceptors (Lipinski definition) is 3. The molecule has 0 saturated heterocycles. The predicted molar refractivity (Wildman–Crippen MR) is 89.8 cm³/mol. The zero-order chi connectivity index (χ0) is 15.2. The quantitative estimate of drug-likeness (QED) is 0.746. The third-order valence-electron chi connectivity index (χ3n) is 3.55. The van der Waals surface area contributed by atoms with Crippen LogP contribution in [0.4, 0.5) is 0 Å². The van der Waals surface area contributed by atoms with Crippen LogP contribution in [0.25, 0.3) is 0 Å². The molecule has 0 aliphatic rings. The molecule has 0 radical (unpaired) electrons. The Morgan fingerprint density at radius 3 is 2.40 bits per heavy atom. The van der Waals surface area contributed by atoms with E-state index in [1.54, 1.807) is 16.2 Å². The number of carbonyl (C=O) groups is 1. The van der Waals surface area contributed by atoms with E-state index in [1.807, 2.05) is 24.6 Å². The van der Waals surface area contributed by atoms with E-state index in [1.165, 1.54) is 4.88 Å². The fourth-order valence-corrected chi connectivity index (χ4v) is 3.67. The van der Waals surface area contributed by atoms with Gasteiger partial charge < -0.3 is 10.6 Å². The molecule has 2 N–H and O–H groups in total. The first-order valence-corrected chi connectivity index (χ1v) is 8.34. The molecule has 1 amide bonds. The molecule has 0 saturated carbocycles. The minimum absolute atomic E-state index is 0.0575. The van der Waals surface area contributed by atoms with Gasteiger partial charge in [-0.25, -0.2) is 0 Å². The third kappa shape index (κ3) is 3.79. The highest BCUT2D eigenvalue weighted by molar-refractivity contribution is 7.80. The van der Waals surface area contributed by atoms with Crippen LogP contribution in [0, 0.1) is 5.41 Å². The summed E-state index contributed by atoms with van der Waals surface area (Å²) in [6.07, 6.45) is 3.25. The highest BCUT2D eigenvalue weighted by atomic mass is 32.1. The Kier molecular flexibility index (Phi) is 6.62. The number of nitrogens with two attached hydrogens (primary N) is 1. The topological polar surface area (TPSA) is 46.3 Å². The summed E-state index contributed by atoms with van der Waals surface area (Å²) in [7, 11) is 1.83. The van der Waals surface area contributed by atoms with E-state index in [0.29, 0.717) is 11.5 Å². The number of thiophene rings is 1. The number of carbonyl (C=O) groups excluding carboxylic acids is 1.